The zero-order valence-corrected chi connectivity index (χ0v) is 14.2. The van der Waals surface area contributed by atoms with Crippen molar-refractivity contribution in [3.05, 3.63) is 47.1 Å². The molecule has 1 aromatic heterocycles. The fraction of sp³-hybridized carbons (Fsp3) is 0.444. The van der Waals surface area contributed by atoms with Gasteiger partial charge in [-0.05, 0) is 50.5 Å². The number of hydrogen-bond acceptors (Lipinski definition) is 4. The van der Waals surface area contributed by atoms with Crippen LogP contribution in [0.3, 0.4) is 0 Å². The third-order valence-corrected chi connectivity index (χ3v) is 4.24. The monoisotopic (exact) mass is 345 g/mol. The summed E-state index contributed by atoms with van der Waals surface area (Å²) in [5.41, 5.74) is 1.17. The second kappa shape index (κ2) is 8.13. The van der Waals surface area contributed by atoms with E-state index in [9.17, 15) is 9.59 Å². The van der Waals surface area contributed by atoms with Crippen LogP contribution in [0.5, 0.6) is 0 Å². The summed E-state index contributed by atoms with van der Waals surface area (Å²) in [7, 11) is 0. The van der Waals surface area contributed by atoms with E-state index >= 15 is 0 Å². The topological polar surface area (TPSA) is 85.3 Å². The van der Waals surface area contributed by atoms with Gasteiger partial charge in [0, 0.05) is 24.7 Å². The van der Waals surface area contributed by atoms with Gasteiger partial charge in [0.05, 0.1) is 18.4 Å². The molecule has 2 aromatic rings. The summed E-state index contributed by atoms with van der Waals surface area (Å²) < 4.78 is 12.7. The minimum Gasteiger partial charge on any atom is -0.376 e. The van der Waals surface area contributed by atoms with E-state index in [1.54, 1.807) is 43.6 Å². The molecule has 0 unspecified atom stereocenters. The molecule has 7 heteroatoms. The lowest BCUT2D eigenvalue weighted by atomic mass is 10.1. The van der Waals surface area contributed by atoms with Crippen LogP contribution in [-0.2, 0) is 14.3 Å². The van der Waals surface area contributed by atoms with E-state index in [1.165, 1.54) is 4.57 Å². The van der Waals surface area contributed by atoms with Gasteiger partial charge >= 0.3 is 5.69 Å². The van der Waals surface area contributed by atoms with Crippen molar-refractivity contribution in [2.75, 3.05) is 18.5 Å². The van der Waals surface area contributed by atoms with Crippen LogP contribution in [0.1, 0.15) is 26.2 Å². The Morgan fingerprint density at radius 1 is 1.40 bits per heavy atom. The third kappa shape index (κ3) is 4.58. The number of anilines is 1. The molecule has 1 amide bonds. The summed E-state index contributed by atoms with van der Waals surface area (Å²) in [5.74, 6) is -0.206. The maximum Gasteiger partial charge on any atom is 0.330 e. The lowest BCUT2D eigenvalue weighted by molar-refractivity contribution is -0.130. The predicted octanol–water partition coefficient (Wildman–Crippen LogP) is 2.08. The van der Waals surface area contributed by atoms with E-state index in [2.05, 4.69) is 10.3 Å². The number of carbonyl (C=O) groups is 1. The van der Waals surface area contributed by atoms with Gasteiger partial charge in [-0.1, -0.05) is 0 Å². The number of nitrogens with zero attached hydrogens (tertiary/aromatic N) is 1. The third-order valence-electron chi connectivity index (χ3n) is 4.24. The highest BCUT2D eigenvalue weighted by Crippen LogP contribution is 2.15. The molecular weight excluding hydrogens is 322 g/mol. The number of benzene rings is 1. The first-order valence-electron chi connectivity index (χ1n) is 8.54. The van der Waals surface area contributed by atoms with Crippen LogP contribution in [0.15, 0.2) is 41.5 Å². The molecule has 1 aliphatic rings. The van der Waals surface area contributed by atoms with E-state index in [0.29, 0.717) is 12.3 Å². The van der Waals surface area contributed by atoms with Crippen molar-refractivity contribution in [1.82, 2.24) is 9.55 Å². The van der Waals surface area contributed by atoms with Crippen molar-refractivity contribution < 1.29 is 14.3 Å². The number of carbonyl (C=O) groups excluding carboxylic acids is 1. The first-order chi connectivity index (χ1) is 12.1. The summed E-state index contributed by atoms with van der Waals surface area (Å²) in [6.07, 6.45) is 5.98. The van der Waals surface area contributed by atoms with Crippen molar-refractivity contribution in [2.24, 2.45) is 0 Å². The van der Waals surface area contributed by atoms with Crippen LogP contribution in [0.2, 0.25) is 0 Å². The van der Waals surface area contributed by atoms with E-state index in [-0.39, 0.29) is 17.7 Å². The molecule has 0 saturated carbocycles. The van der Waals surface area contributed by atoms with Crippen LogP contribution >= 0.6 is 0 Å². The van der Waals surface area contributed by atoms with Gasteiger partial charge in [-0.2, -0.15) is 0 Å². The molecule has 7 nitrogen and oxygen atoms in total. The standard InChI is InChI=1S/C18H23N3O4/c1-13(25-12-16-4-2-3-11-24-16)17(22)20-14-5-7-15(8-6-14)21-10-9-19-18(21)23/h5-10,13,16H,2-4,11-12H2,1H3,(H,19,23)(H,20,22)/t13-,16-/m1/s1. The Labute approximate surface area is 146 Å². The first-order valence-corrected chi connectivity index (χ1v) is 8.54. The average Bonchev–Trinajstić information content (AvgIpc) is 3.07. The van der Waals surface area contributed by atoms with Crippen molar-refractivity contribution in [3.63, 3.8) is 0 Å². The van der Waals surface area contributed by atoms with Crippen molar-refractivity contribution in [2.45, 2.75) is 38.4 Å². The van der Waals surface area contributed by atoms with Crippen LogP contribution < -0.4 is 11.0 Å². The zero-order valence-electron chi connectivity index (χ0n) is 14.2. The molecule has 2 heterocycles. The number of H-pyrrole nitrogens is 1. The normalized spacial score (nSPS) is 18.7. The molecule has 134 valence electrons. The minimum absolute atomic E-state index is 0.0861. The summed E-state index contributed by atoms with van der Waals surface area (Å²) in [5, 5.41) is 2.82. The molecule has 25 heavy (non-hydrogen) atoms. The molecule has 0 spiro atoms. The molecule has 0 bridgehead atoms. The second-order valence-corrected chi connectivity index (χ2v) is 6.14. The number of nitrogens with one attached hydrogen (secondary N) is 2. The number of hydrogen-bond donors (Lipinski definition) is 2. The molecule has 2 atom stereocenters. The molecule has 1 fully saturated rings. The molecule has 3 rings (SSSR count). The predicted molar refractivity (Wildman–Crippen MR) is 94.0 cm³/mol. The summed E-state index contributed by atoms with van der Waals surface area (Å²) in [6, 6.07) is 7.05. The number of aromatic amines is 1. The van der Waals surface area contributed by atoms with Crippen molar-refractivity contribution >= 4 is 11.6 Å². The lowest BCUT2D eigenvalue weighted by Crippen LogP contribution is -2.32. The molecule has 2 N–H and O–H groups in total. The number of amides is 1. The number of ether oxygens (including phenoxy) is 2. The Kier molecular flexibility index (Phi) is 5.67. The van der Waals surface area contributed by atoms with Gasteiger partial charge in [-0.3, -0.25) is 9.36 Å². The molecule has 0 radical (unpaired) electrons. The van der Waals surface area contributed by atoms with Gasteiger partial charge in [-0.15, -0.1) is 0 Å². The number of aromatic nitrogens is 2. The Bertz CT molecular complexity index is 744. The molecule has 0 aliphatic carbocycles. The van der Waals surface area contributed by atoms with Crippen molar-refractivity contribution in [1.29, 1.82) is 0 Å². The molecular formula is C18H23N3O4. The Morgan fingerprint density at radius 2 is 2.20 bits per heavy atom. The number of rotatable bonds is 6. The molecule has 1 saturated heterocycles. The maximum absolute atomic E-state index is 12.2. The molecule has 1 aromatic carbocycles. The van der Waals surface area contributed by atoms with Crippen LogP contribution in [0.4, 0.5) is 5.69 Å². The first kappa shape index (κ1) is 17.4. The van der Waals surface area contributed by atoms with Crippen molar-refractivity contribution in [3.8, 4) is 5.69 Å². The summed E-state index contributed by atoms with van der Waals surface area (Å²) in [4.78, 5) is 26.4. The molecule has 1 aliphatic heterocycles. The quantitative estimate of drug-likeness (QED) is 0.839. The van der Waals surface area contributed by atoms with Gasteiger partial charge in [0.25, 0.3) is 5.91 Å². The Morgan fingerprint density at radius 3 is 2.84 bits per heavy atom. The van der Waals surface area contributed by atoms with Crippen LogP contribution in [0.25, 0.3) is 5.69 Å². The van der Waals surface area contributed by atoms with Gasteiger partial charge in [0.15, 0.2) is 0 Å². The summed E-state index contributed by atoms with van der Waals surface area (Å²) in [6.45, 7) is 2.93. The highest BCUT2D eigenvalue weighted by atomic mass is 16.5. The SMILES string of the molecule is C[C@@H](OC[C@H]1CCCCO1)C(=O)Nc1ccc(-n2cc[nH]c2=O)cc1. The lowest BCUT2D eigenvalue weighted by Gasteiger charge is -2.23. The zero-order chi connectivity index (χ0) is 17.6. The number of imidazole rings is 1. The van der Waals surface area contributed by atoms with Gasteiger partial charge in [0.2, 0.25) is 0 Å². The van der Waals surface area contributed by atoms with E-state index in [0.717, 1.165) is 31.6 Å². The van der Waals surface area contributed by atoms with E-state index in [1.807, 2.05) is 0 Å². The van der Waals surface area contributed by atoms with Gasteiger partial charge in [0.1, 0.15) is 6.10 Å². The highest BCUT2D eigenvalue weighted by molar-refractivity contribution is 5.93. The smallest absolute Gasteiger partial charge is 0.330 e. The Balaban J connectivity index is 1.51. The van der Waals surface area contributed by atoms with Gasteiger partial charge < -0.3 is 19.8 Å². The van der Waals surface area contributed by atoms with Gasteiger partial charge in [-0.25, -0.2) is 4.79 Å². The van der Waals surface area contributed by atoms with Crippen LogP contribution in [0, 0.1) is 0 Å². The highest BCUT2D eigenvalue weighted by Gasteiger charge is 2.19. The Hall–Kier alpha value is -2.38. The minimum atomic E-state index is -0.558. The van der Waals surface area contributed by atoms with Crippen LogP contribution in [-0.4, -0.2) is 40.9 Å². The largest absolute Gasteiger partial charge is 0.376 e. The fourth-order valence-corrected chi connectivity index (χ4v) is 2.74. The van der Waals surface area contributed by atoms with E-state index < -0.39 is 6.10 Å². The average molecular weight is 345 g/mol. The second-order valence-electron chi connectivity index (χ2n) is 6.14. The maximum atomic E-state index is 12.2. The summed E-state index contributed by atoms with van der Waals surface area (Å²) >= 11 is 0. The fourth-order valence-electron chi connectivity index (χ4n) is 2.74. The van der Waals surface area contributed by atoms with E-state index in [4.69, 9.17) is 9.47 Å².